The fraction of sp³-hybridized carbons (Fsp3) is 0.379. The number of nitrogens with zero attached hydrogens (tertiary/aromatic N) is 2. The molecule has 0 spiro atoms. The highest BCUT2D eigenvalue weighted by Crippen LogP contribution is 2.28. The van der Waals surface area contributed by atoms with Gasteiger partial charge in [-0.1, -0.05) is 23.8 Å². The molecular formula is C29H37N3O5S. The van der Waals surface area contributed by atoms with Crippen molar-refractivity contribution in [3.8, 4) is 11.5 Å². The number of amides is 3. The van der Waals surface area contributed by atoms with E-state index in [1.807, 2.05) is 66.6 Å². The highest BCUT2D eigenvalue weighted by molar-refractivity contribution is 7.10. The van der Waals surface area contributed by atoms with E-state index in [0.717, 1.165) is 21.6 Å². The van der Waals surface area contributed by atoms with Crippen LogP contribution in [0.5, 0.6) is 11.5 Å². The number of carbonyl (C=O) groups is 2. The zero-order chi connectivity index (χ0) is 27.5. The van der Waals surface area contributed by atoms with Gasteiger partial charge in [-0.2, -0.15) is 0 Å². The van der Waals surface area contributed by atoms with Crippen LogP contribution in [0.2, 0.25) is 0 Å². The van der Waals surface area contributed by atoms with Crippen LogP contribution < -0.4 is 14.8 Å². The third-order valence-corrected chi connectivity index (χ3v) is 7.26. The fourth-order valence-corrected chi connectivity index (χ4v) is 4.81. The lowest BCUT2D eigenvalue weighted by molar-refractivity contribution is -0.132. The molecule has 3 amide bonds. The molecule has 3 rings (SSSR count). The lowest BCUT2D eigenvalue weighted by atomic mass is 10.1. The number of ether oxygens (including phenoxy) is 3. The number of thiophene rings is 1. The second kappa shape index (κ2) is 14.4. The van der Waals surface area contributed by atoms with Crippen LogP contribution in [0.25, 0.3) is 0 Å². The Kier molecular flexibility index (Phi) is 11.0. The van der Waals surface area contributed by atoms with Gasteiger partial charge in [0.05, 0.1) is 27.4 Å². The van der Waals surface area contributed by atoms with Gasteiger partial charge in [0.15, 0.2) is 11.5 Å². The Balaban J connectivity index is 1.75. The quantitative estimate of drug-likeness (QED) is 0.326. The lowest BCUT2D eigenvalue weighted by Gasteiger charge is -2.28. The van der Waals surface area contributed by atoms with Crippen molar-refractivity contribution in [2.24, 2.45) is 0 Å². The number of carbonyl (C=O) groups excluding carboxylic acids is 2. The minimum absolute atomic E-state index is 0.0581. The number of aryl methyl sites for hydroxylation is 2. The second-order valence-corrected chi connectivity index (χ2v) is 9.99. The van der Waals surface area contributed by atoms with Gasteiger partial charge in [-0.3, -0.25) is 4.79 Å². The molecule has 0 saturated heterocycles. The van der Waals surface area contributed by atoms with Crippen LogP contribution in [0.3, 0.4) is 0 Å². The third-order valence-electron chi connectivity index (χ3n) is 6.26. The Labute approximate surface area is 229 Å². The van der Waals surface area contributed by atoms with Gasteiger partial charge in [-0.25, -0.2) is 4.79 Å². The zero-order valence-electron chi connectivity index (χ0n) is 22.8. The summed E-state index contributed by atoms with van der Waals surface area (Å²) in [7, 11) is 4.78. The first-order valence-electron chi connectivity index (χ1n) is 12.5. The topological polar surface area (TPSA) is 80.3 Å². The van der Waals surface area contributed by atoms with E-state index in [-0.39, 0.29) is 18.5 Å². The number of hydrogen-bond donors (Lipinski definition) is 1. The van der Waals surface area contributed by atoms with E-state index in [1.165, 1.54) is 4.90 Å². The average Bonchev–Trinajstić information content (AvgIpc) is 3.33. The first kappa shape index (κ1) is 29.0. The molecule has 9 heteroatoms. The van der Waals surface area contributed by atoms with Crippen molar-refractivity contribution in [3.63, 3.8) is 0 Å². The van der Waals surface area contributed by atoms with Gasteiger partial charge >= 0.3 is 6.03 Å². The first-order valence-corrected chi connectivity index (χ1v) is 13.4. The normalized spacial score (nSPS) is 10.7. The van der Waals surface area contributed by atoms with E-state index < -0.39 is 0 Å². The van der Waals surface area contributed by atoms with Gasteiger partial charge in [0.2, 0.25) is 5.91 Å². The molecule has 204 valence electrons. The molecule has 0 radical (unpaired) electrons. The second-order valence-electron chi connectivity index (χ2n) is 8.99. The Morgan fingerprint density at radius 2 is 1.63 bits per heavy atom. The van der Waals surface area contributed by atoms with E-state index in [1.54, 1.807) is 32.7 Å². The molecule has 0 aliphatic carbocycles. The van der Waals surface area contributed by atoms with Gasteiger partial charge in [0, 0.05) is 30.8 Å². The van der Waals surface area contributed by atoms with Crippen molar-refractivity contribution in [1.29, 1.82) is 0 Å². The summed E-state index contributed by atoms with van der Waals surface area (Å²) in [5.74, 6) is 1.18. The van der Waals surface area contributed by atoms with E-state index in [4.69, 9.17) is 14.2 Å². The smallest absolute Gasteiger partial charge is 0.322 e. The van der Waals surface area contributed by atoms with Crippen LogP contribution in [0.4, 0.5) is 10.5 Å². The van der Waals surface area contributed by atoms with Crippen molar-refractivity contribution in [1.82, 2.24) is 9.80 Å². The summed E-state index contributed by atoms with van der Waals surface area (Å²) >= 11 is 1.63. The fourth-order valence-electron chi connectivity index (χ4n) is 3.89. The van der Waals surface area contributed by atoms with Crippen LogP contribution >= 0.6 is 11.3 Å². The molecule has 1 N–H and O–H groups in total. The summed E-state index contributed by atoms with van der Waals surface area (Å²) in [5, 5.41) is 4.92. The van der Waals surface area contributed by atoms with Crippen molar-refractivity contribution in [2.45, 2.75) is 26.8 Å². The van der Waals surface area contributed by atoms with Gasteiger partial charge in [-0.05, 0) is 67.1 Å². The van der Waals surface area contributed by atoms with E-state index in [0.29, 0.717) is 49.8 Å². The molecule has 0 aliphatic heterocycles. The highest BCUT2D eigenvalue weighted by atomic mass is 32.1. The third kappa shape index (κ3) is 8.22. The number of urea groups is 1. The minimum atomic E-state index is -0.341. The number of benzene rings is 2. The summed E-state index contributed by atoms with van der Waals surface area (Å²) < 4.78 is 16.0. The summed E-state index contributed by atoms with van der Waals surface area (Å²) in [4.78, 5) is 31.2. The molecule has 0 unspecified atom stereocenters. The lowest BCUT2D eigenvalue weighted by Crippen LogP contribution is -2.46. The summed E-state index contributed by atoms with van der Waals surface area (Å²) in [6.45, 7) is 5.56. The SMILES string of the molecule is COCCN(CC(=O)N(CCc1ccc(OC)c(OC)c1)Cc1sccc1C)C(=O)Nc1ccc(C)cc1. The van der Waals surface area contributed by atoms with Crippen molar-refractivity contribution >= 4 is 29.0 Å². The van der Waals surface area contributed by atoms with Crippen LogP contribution in [0.15, 0.2) is 53.9 Å². The van der Waals surface area contributed by atoms with Crippen LogP contribution in [-0.4, -0.2) is 69.3 Å². The molecule has 2 aromatic carbocycles. The van der Waals surface area contributed by atoms with Crippen molar-refractivity contribution < 1.29 is 23.8 Å². The predicted molar refractivity (Wildman–Crippen MR) is 151 cm³/mol. The first-order chi connectivity index (χ1) is 18.3. The number of anilines is 1. The molecule has 0 saturated carbocycles. The van der Waals surface area contributed by atoms with Crippen LogP contribution in [0, 0.1) is 13.8 Å². The Bertz CT molecular complexity index is 1200. The molecule has 0 bridgehead atoms. The van der Waals surface area contributed by atoms with E-state index in [2.05, 4.69) is 11.4 Å². The van der Waals surface area contributed by atoms with Crippen LogP contribution in [0.1, 0.15) is 21.6 Å². The monoisotopic (exact) mass is 539 g/mol. The maximum Gasteiger partial charge on any atom is 0.322 e. The molecule has 1 heterocycles. The zero-order valence-corrected chi connectivity index (χ0v) is 23.6. The number of hydrogen-bond acceptors (Lipinski definition) is 6. The largest absolute Gasteiger partial charge is 0.493 e. The molecule has 8 nitrogen and oxygen atoms in total. The summed E-state index contributed by atoms with van der Waals surface area (Å²) in [6, 6.07) is 15.0. The van der Waals surface area contributed by atoms with Crippen LogP contribution in [-0.2, 0) is 22.5 Å². The summed E-state index contributed by atoms with van der Waals surface area (Å²) in [5.41, 5.74) is 3.95. The van der Waals surface area contributed by atoms with E-state index >= 15 is 0 Å². The maximum atomic E-state index is 13.6. The molecule has 0 aliphatic rings. The average molecular weight is 540 g/mol. The highest BCUT2D eigenvalue weighted by Gasteiger charge is 2.23. The number of nitrogens with one attached hydrogen (secondary N) is 1. The molecule has 3 aromatic rings. The Morgan fingerprint density at radius 3 is 2.26 bits per heavy atom. The minimum Gasteiger partial charge on any atom is -0.493 e. The Hall–Kier alpha value is -3.56. The Morgan fingerprint density at radius 1 is 0.895 bits per heavy atom. The predicted octanol–water partition coefficient (Wildman–Crippen LogP) is 5.13. The van der Waals surface area contributed by atoms with Crippen molar-refractivity contribution in [2.75, 3.05) is 52.9 Å². The number of methoxy groups -OCH3 is 3. The van der Waals surface area contributed by atoms with Gasteiger partial charge in [0.25, 0.3) is 0 Å². The molecule has 38 heavy (non-hydrogen) atoms. The van der Waals surface area contributed by atoms with Gasteiger partial charge in [0.1, 0.15) is 6.54 Å². The summed E-state index contributed by atoms with van der Waals surface area (Å²) in [6.07, 6.45) is 0.629. The molecule has 0 atom stereocenters. The molecule has 0 fully saturated rings. The van der Waals surface area contributed by atoms with E-state index in [9.17, 15) is 9.59 Å². The van der Waals surface area contributed by atoms with Gasteiger partial charge in [-0.15, -0.1) is 11.3 Å². The standard InChI is InChI=1S/C29H37N3O5S/c1-21-6-9-24(10-7-21)30-29(34)32(15-16-35-3)20-28(33)31(19-27-22(2)13-17-38-27)14-12-23-8-11-25(36-4)26(18-23)37-5/h6-11,13,17-18H,12,14-16,19-20H2,1-5H3,(H,30,34). The number of rotatable bonds is 13. The molecular weight excluding hydrogens is 502 g/mol. The van der Waals surface area contributed by atoms with Crippen molar-refractivity contribution in [3.05, 3.63) is 75.5 Å². The molecule has 1 aromatic heterocycles. The van der Waals surface area contributed by atoms with Gasteiger partial charge < -0.3 is 29.3 Å². The maximum absolute atomic E-state index is 13.6.